The molecule has 0 radical (unpaired) electrons. The number of pyridine rings is 1. The number of anilines is 1. The smallest absolute Gasteiger partial charge is 0.199 e. The summed E-state index contributed by atoms with van der Waals surface area (Å²) in [5, 5.41) is 13.4. The Balaban J connectivity index is 1.42. The number of para-hydroxylation sites is 1. The molecule has 1 N–H and O–H groups in total. The van der Waals surface area contributed by atoms with Crippen LogP contribution in [0, 0.1) is 0 Å². The van der Waals surface area contributed by atoms with Gasteiger partial charge in [0.05, 0.1) is 10.9 Å². The summed E-state index contributed by atoms with van der Waals surface area (Å²) in [5.74, 6) is 0. The number of likely N-dealkylation sites (N-methyl/N-ethyl adjacent to an activating group) is 1. The van der Waals surface area contributed by atoms with Crippen molar-refractivity contribution in [1.29, 1.82) is 0 Å². The maximum atomic E-state index is 13.2. The van der Waals surface area contributed by atoms with Crippen molar-refractivity contribution in [3.05, 3.63) is 46.6 Å². The highest BCUT2D eigenvalue weighted by Gasteiger charge is 2.17. The number of rotatable bonds is 5. The van der Waals surface area contributed by atoms with Gasteiger partial charge in [-0.15, -0.1) is 5.10 Å². The first kappa shape index (κ1) is 17.3. The third-order valence-corrected chi connectivity index (χ3v) is 5.78. The minimum atomic E-state index is 0.0394. The lowest BCUT2D eigenvalue weighted by molar-refractivity contribution is 0.154. The molecular formula is C21H24N6O. The van der Waals surface area contributed by atoms with Gasteiger partial charge in [0.1, 0.15) is 11.0 Å². The SMILES string of the molecule is CN1CCN(CCCNc2ccc3nnn4c5ccccc5c(=O)c2c34)CC1. The zero-order chi connectivity index (χ0) is 19.1. The molecule has 1 saturated heterocycles. The first-order chi connectivity index (χ1) is 13.7. The van der Waals surface area contributed by atoms with E-state index in [0.717, 1.165) is 67.9 Å². The molecule has 1 aliphatic rings. The highest BCUT2D eigenvalue weighted by atomic mass is 16.1. The fourth-order valence-corrected chi connectivity index (χ4v) is 4.14. The van der Waals surface area contributed by atoms with E-state index in [0.29, 0.717) is 10.8 Å². The van der Waals surface area contributed by atoms with Crippen LogP contribution in [0.1, 0.15) is 6.42 Å². The van der Waals surface area contributed by atoms with Gasteiger partial charge < -0.3 is 15.1 Å². The molecule has 144 valence electrons. The maximum absolute atomic E-state index is 13.2. The van der Waals surface area contributed by atoms with Crippen LogP contribution in [0.2, 0.25) is 0 Å². The third-order valence-electron chi connectivity index (χ3n) is 5.78. The summed E-state index contributed by atoms with van der Waals surface area (Å²) in [6, 6.07) is 11.5. The summed E-state index contributed by atoms with van der Waals surface area (Å²) >= 11 is 0. The van der Waals surface area contributed by atoms with Crippen molar-refractivity contribution in [2.24, 2.45) is 0 Å². The molecule has 0 amide bonds. The number of nitrogens with zero attached hydrogens (tertiary/aromatic N) is 5. The molecule has 0 atom stereocenters. The summed E-state index contributed by atoms with van der Waals surface area (Å²) in [7, 11) is 2.18. The van der Waals surface area contributed by atoms with Crippen molar-refractivity contribution in [2.75, 3.05) is 51.6 Å². The van der Waals surface area contributed by atoms with E-state index < -0.39 is 0 Å². The predicted octanol–water partition coefficient (Wildman–Crippen LogP) is 1.88. The van der Waals surface area contributed by atoms with Gasteiger partial charge in [-0.05, 0) is 44.3 Å². The molecular weight excluding hydrogens is 352 g/mol. The van der Waals surface area contributed by atoms with Gasteiger partial charge in [-0.2, -0.15) is 0 Å². The van der Waals surface area contributed by atoms with E-state index >= 15 is 0 Å². The van der Waals surface area contributed by atoms with E-state index in [1.807, 2.05) is 36.4 Å². The molecule has 3 heterocycles. The Bertz CT molecular complexity index is 1180. The van der Waals surface area contributed by atoms with Gasteiger partial charge in [-0.1, -0.05) is 17.3 Å². The number of nitrogens with one attached hydrogen (secondary N) is 1. The van der Waals surface area contributed by atoms with Gasteiger partial charge in [0.2, 0.25) is 0 Å². The highest BCUT2D eigenvalue weighted by Crippen LogP contribution is 2.27. The molecule has 0 spiro atoms. The number of aromatic nitrogens is 3. The lowest BCUT2D eigenvalue weighted by Gasteiger charge is -2.32. The van der Waals surface area contributed by atoms with E-state index in [-0.39, 0.29) is 5.43 Å². The second-order valence-corrected chi connectivity index (χ2v) is 7.63. The molecule has 2 aromatic carbocycles. The summed E-state index contributed by atoms with van der Waals surface area (Å²) in [5.41, 5.74) is 3.26. The van der Waals surface area contributed by atoms with Gasteiger partial charge in [0.15, 0.2) is 5.43 Å². The lowest BCUT2D eigenvalue weighted by atomic mass is 10.1. The first-order valence-electron chi connectivity index (χ1n) is 9.89. The van der Waals surface area contributed by atoms with Gasteiger partial charge >= 0.3 is 0 Å². The van der Waals surface area contributed by atoms with Gasteiger partial charge in [-0.3, -0.25) is 4.79 Å². The van der Waals surface area contributed by atoms with Crippen LogP contribution in [-0.4, -0.2) is 70.9 Å². The predicted molar refractivity (Wildman–Crippen MR) is 112 cm³/mol. The van der Waals surface area contributed by atoms with Crippen LogP contribution in [0.25, 0.3) is 27.3 Å². The zero-order valence-electron chi connectivity index (χ0n) is 16.1. The number of piperazine rings is 1. The Labute approximate surface area is 162 Å². The largest absolute Gasteiger partial charge is 0.384 e. The molecule has 1 aliphatic heterocycles. The third kappa shape index (κ3) is 2.87. The second-order valence-electron chi connectivity index (χ2n) is 7.63. The molecule has 0 saturated carbocycles. The van der Waals surface area contributed by atoms with E-state index in [2.05, 4.69) is 32.5 Å². The van der Waals surface area contributed by atoms with E-state index in [9.17, 15) is 4.79 Å². The standard InChI is InChI=1S/C21H24N6O/c1-25-11-13-26(14-12-25)10-4-9-22-16-7-8-17-20-19(16)21(28)15-5-2-3-6-18(15)27(20)24-23-17/h2-3,5-8,22H,4,9-14H2,1H3. The number of hydrogen-bond acceptors (Lipinski definition) is 6. The molecule has 2 aromatic heterocycles. The summed E-state index contributed by atoms with van der Waals surface area (Å²) in [4.78, 5) is 18.1. The van der Waals surface area contributed by atoms with Crippen LogP contribution in [0.3, 0.4) is 0 Å². The van der Waals surface area contributed by atoms with Crippen molar-refractivity contribution in [1.82, 2.24) is 24.6 Å². The Kier molecular flexibility index (Phi) is 4.33. The van der Waals surface area contributed by atoms with Crippen LogP contribution < -0.4 is 10.7 Å². The molecule has 0 bridgehead atoms. The second kappa shape index (κ2) is 7.00. The Morgan fingerprint density at radius 2 is 1.89 bits per heavy atom. The maximum Gasteiger partial charge on any atom is 0.199 e. The molecule has 4 aromatic rings. The normalized spacial score (nSPS) is 16.5. The number of hydrogen-bond donors (Lipinski definition) is 1. The fraction of sp³-hybridized carbons (Fsp3) is 0.381. The van der Waals surface area contributed by atoms with Crippen LogP contribution in [0.15, 0.2) is 41.2 Å². The monoisotopic (exact) mass is 376 g/mol. The van der Waals surface area contributed by atoms with Gasteiger partial charge in [0, 0.05) is 43.8 Å². The summed E-state index contributed by atoms with van der Waals surface area (Å²) < 4.78 is 1.79. The fourth-order valence-electron chi connectivity index (χ4n) is 4.14. The van der Waals surface area contributed by atoms with Crippen LogP contribution >= 0.6 is 0 Å². The molecule has 5 rings (SSSR count). The van der Waals surface area contributed by atoms with Crippen molar-refractivity contribution in [3.8, 4) is 0 Å². The average molecular weight is 376 g/mol. The van der Waals surface area contributed by atoms with Crippen molar-refractivity contribution >= 4 is 33.0 Å². The zero-order valence-corrected chi connectivity index (χ0v) is 16.1. The Morgan fingerprint density at radius 1 is 1.07 bits per heavy atom. The van der Waals surface area contributed by atoms with Gasteiger partial charge in [0.25, 0.3) is 0 Å². The van der Waals surface area contributed by atoms with Gasteiger partial charge in [-0.25, -0.2) is 4.52 Å². The quantitative estimate of drug-likeness (QED) is 0.424. The van der Waals surface area contributed by atoms with Crippen molar-refractivity contribution < 1.29 is 0 Å². The van der Waals surface area contributed by atoms with E-state index in [1.54, 1.807) is 4.52 Å². The minimum Gasteiger partial charge on any atom is -0.384 e. The molecule has 0 aliphatic carbocycles. The van der Waals surface area contributed by atoms with Crippen molar-refractivity contribution in [2.45, 2.75) is 6.42 Å². The highest BCUT2D eigenvalue weighted by molar-refractivity contribution is 6.06. The Hall–Kier alpha value is -2.77. The van der Waals surface area contributed by atoms with Crippen LogP contribution in [-0.2, 0) is 0 Å². The molecule has 7 heteroatoms. The lowest BCUT2D eigenvalue weighted by Crippen LogP contribution is -2.44. The minimum absolute atomic E-state index is 0.0394. The number of fused-ring (bicyclic) bond motifs is 2. The van der Waals surface area contributed by atoms with Crippen LogP contribution in [0.5, 0.6) is 0 Å². The molecule has 0 unspecified atom stereocenters. The molecule has 28 heavy (non-hydrogen) atoms. The average Bonchev–Trinajstić information content (AvgIpc) is 3.16. The topological polar surface area (TPSA) is 65.8 Å². The van der Waals surface area contributed by atoms with Crippen LogP contribution in [0.4, 0.5) is 5.69 Å². The molecule has 1 fully saturated rings. The summed E-state index contributed by atoms with van der Waals surface area (Å²) in [6.07, 6.45) is 1.05. The first-order valence-corrected chi connectivity index (χ1v) is 9.89. The molecule has 7 nitrogen and oxygen atoms in total. The van der Waals surface area contributed by atoms with E-state index in [1.165, 1.54) is 0 Å². The van der Waals surface area contributed by atoms with E-state index in [4.69, 9.17) is 0 Å². The summed E-state index contributed by atoms with van der Waals surface area (Å²) in [6.45, 7) is 6.45. The number of benzene rings is 2. The Morgan fingerprint density at radius 3 is 2.75 bits per heavy atom. The van der Waals surface area contributed by atoms with Crippen molar-refractivity contribution in [3.63, 3.8) is 0 Å².